The highest BCUT2D eigenvalue weighted by atomic mass is 15.2. The monoisotopic (exact) mass is 112 g/mol. The average molecular weight is 112 g/mol. The van der Waals surface area contributed by atoms with Crippen LogP contribution in [0.1, 0.15) is 6.42 Å². The zero-order valence-corrected chi connectivity index (χ0v) is 5.06. The van der Waals surface area contributed by atoms with Gasteiger partial charge in [0.25, 0.3) is 0 Å². The summed E-state index contributed by atoms with van der Waals surface area (Å²) in [6.45, 7) is 5.26. The average Bonchev–Trinajstić information content (AvgIpc) is 2.36. The van der Waals surface area contributed by atoms with Crippen molar-refractivity contribution in [3.63, 3.8) is 0 Å². The Bertz CT molecular complexity index is 84.5. The topological polar surface area (TPSA) is 25.2 Å². The molecule has 46 valence electrons. The van der Waals surface area contributed by atoms with E-state index in [-0.39, 0.29) is 0 Å². The van der Waals surface area contributed by atoms with Crippen LogP contribution in [0.2, 0.25) is 0 Å². The molecule has 2 aliphatic heterocycles. The normalized spacial score (nSPS) is 36.8. The van der Waals surface area contributed by atoms with Gasteiger partial charge in [0.2, 0.25) is 0 Å². The van der Waals surface area contributed by atoms with Crippen molar-refractivity contribution in [2.75, 3.05) is 26.2 Å². The summed E-state index contributed by atoms with van der Waals surface area (Å²) in [7, 11) is 0. The molecule has 0 spiro atoms. The van der Waals surface area contributed by atoms with E-state index in [1.807, 2.05) is 0 Å². The Balaban J connectivity index is 1.66. The van der Waals surface area contributed by atoms with Crippen LogP contribution in [0.5, 0.6) is 0 Å². The second-order valence-corrected chi connectivity index (χ2v) is 2.76. The molecule has 2 heteroatoms. The number of hydrogen-bond donors (Lipinski definition) is 1. The smallest absolute Gasteiger partial charge is 0.0320 e. The molecule has 0 bridgehead atoms. The number of likely N-dealkylation sites (tertiary alicyclic amines) is 1. The molecule has 1 atom stereocenters. The third-order valence-corrected chi connectivity index (χ3v) is 1.92. The molecule has 2 rings (SSSR count). The first-order valence-corrected chi connectivity index (χ1v) is 3.41. The Hall–Kier alpha value is -0.0800. The third kappa shape index (κ3) is 0.858. The first kappa shape index (κ1) is 4.77. The SMILES string of the molecule is C1CN(CC2CN2)C1. The molecule has 0 aliphatic carbocycles. The maximum atomic E-state index is 3.29. The summed E-state index contributed by atoms with van der Waals surface area (Å²) >= 11 is 0. The van der Waals surface area contributed by atoms with Gasteiger partial charge in [-0.2, -0.15) is 0 Å². The van der Waals surface area contributed by atoms with Crippen LogP contribution in [0.25, 0.3) is 0 Å². The van der Waals surface area contributed by atoms with Crippen LogP contribution in [-0.4, -0.2) is 37.1 Å². The molecule has 1 N–H and O–H groups in total. The van der Waals surface area contributed by atoms with Gasteiger partial charge in [-0.25, -0.2) is 0 Å². The van der Waals surface area contributed by atoms with Crippen molar-refractivity contribution in [2.45, 2.75) is 12.5 Å². The van der Waals surface area contributed by atoms with Crippen LogP contribution >= 0.6 is 0 Å². The van der Waals surface area contributed by atoms with Gasteiger partial charge in [0, 0.05) is 19.1 Å². The second-order valence-electron chi connectivity index (χ2n) is 2.76. The van der Waals surface area contributed by atoms with Gasteiger partial charge in [-0.1, -0.05) is 0 Å². The van der Waals surface area contributed by atoms with Crippen molar-refractivity contribution in [2.24, 2.45) is 0 Å². The van der Waals surface area contributed by atoms with E-state index < -0.39 is 0 Å². The van der Waals surface area contributed by atoms with Gasteiger partial charge in [-0.3, -0.25) is 0 Å². The molecule has 2 aliphatic rings. The quantitative estimate of drug-likeness (QED) is 0.494. The van der Waals surface area contributed by atoms with Crippen molar-refractivity contribution in [1.82, 2.24) is 10.2 Å². The van der Waals surface area contributed by atoms with Gasteiger partial charge in [-0.05, 0) is 19.5 Å². The first-order valence-electron chi connectivity index (χ1n) is 3.41. The maximum Gasteiger partial charge on any atom is 0.0320 e. The van der Waals surface area contributed by atoms with E-state index >= 15 is 0 Å². The summed E-state index contributed by atoms with van der Waals surface area (Å²) in [5.74, 6) is 0. The van der Waals surface area contributed by atoms with Crippen LogP contribution in [-0.2, 0) is 0 Å². The largest absolute Gasteiger partial charge is 0.310 e. The van der Waals surface area contributed by atoms with E-state index in [2.05, 4.69) is 10.2 Å². The van der Waals surface area contributed by atoms with Gasteiger partial charge < -0.3 is 10.2 Å². The molecule has 0 radical (unpaired) electrons. The van der Waals surface area contributed by atoms with E-state index in [4.69, 9.17) is 0 Å². The molecule has 8 heavy (non-hydrogen) atoms. The summed E-state index contributed by atoms with van der Waals surface area (Å²) in [5, 5.41) is 3.29. The van der Waals surface area contributed by atoms with Crippen LogP contribution in [0.15, 0.2) is 0 Å². The molecule has 0 aromatic rings. The van der Waals surface area contributed by atoms with Crippen molar-refractivity contribution in [1.29, 1.82) is 0 Å². The van der Waals surface area contributed by atoms with Gasteiger partial charge >= 0.3 is 0 Å². The second kappa shape index (κ2) is 1.71. The Morgan fingerprint density at radius 2 is 2.25 bits per heavy atom. The number of rotatable bonds is 2. The predicted molar refractivity (Wildman–Crippen MR) is 32.8 cm³/mol. The molecule has 0 amide bonds. The summed E-state index contributed by atoms with van der Waals surface area (Å²) in [4.78, 5) is 2.50. The molecule has 2 fully saturated rings. The maximum absolute atomic E-state index is 3.29. The highest BCUT2D eigenvalue weighted by Gasteiger charge is 2.25. The molecule has 0 saturated carbocycles. The lowest BCUT2D eigenvalue weighted by molar-refractivity contribution is 0.183. The fourth-order valence-electron chi connectivity index (χ4n) is 1.09. The molecular formula is C6H12N2. The van der Waals surface area contributed by atoms with E-state index in [9.17, 15) is 0 Å². The molecule has 2 heterocycles. The highest BCUT2D eigenvalue weighted by Crippen LogP contribution is 2.08. The Morgan fingerprint density at radius 1 is 1.50 bits per heavy atom. The van der Waals surface area contributed by atoms with E-state index in [1.165, 1.54) is 32.6 Å². The first-order chi connectivity index (χ1) is 3.95. The lowest BCUT2D eigenvalue weighted by Crippen LogP contribution is -2.40. The number of nitrogens with one attached hydrogen (secondary N) is 1. The van der Waals surface area contributed by atoms with Crippen molar-refractivity contribution < 1.29 is 0 Å². The third-order valence-electron chi connectivity index (χ3n) is 1.92. The fraction of sp³-hybridized carbons (Fsp3) is 1.00. The van der Waals surface area contributed by atoms with E-state index in [0.29, 0.717) is 0 Å². The van der Waals surface area contributed by atoms with Gasteiger partial charge in [0.05, 0.1) is 0 Å². The summed E-state index contributed by atoms with van der Waals surface area (Å²) in [6, 6.07) is 0.857. The lowest BCUT2D eigenvalue weighted by atomic mass is 10.2. The Morgan fingerprint density at radius 3 is 2.62 bits per heavy atom. The van der Waals surface area contributed by atoms with Gasteiger partial charge in [0.1, 0.15) is 0 Å². The van der Waals surface area contributed by atoms with Gasteiger partial charge in [0.15, 0.2) is 0 Å². The molecule has 2 nitrogen and oxygen atoms in total. The Kier molecular flexibility index (Phi) is 1.02. The predicted octanol–water partition coefficient (Wildman–Crippen LogP) is -0.336. The van der Waals surface area contributed by atoms with Gasteiger partial charge in [-0.15, -0.1) is 0 Å². The van der Waals surface area contributed by atoms with Crippen LogP contribution in [0.4, 0.5) is 0 Å². The van der Waals surface area contributed by atoms with Crippen molar-refractivity contribution in [3.05, 3.63) is 0 Å². The summed E-state index contributed by atoms with van der Waals surface area (Å²) in [6.07, 6.45) is 1.42. The van der Waals surface area contributed by atoms with Crippen molar-refractivity contribution >= 4 is 0 Å². The number of nitrogens with zero attached hydrogens (tertiary/aromatic N) is 1. The molecule has 2 saturated heterocycles. The minimum absolute atomic E-state index is 0.857. The Labute approximate surface area is 49.9 Å². The summed E-state index contributed by atoms with van der Waals surface area (Å²) in [5.41, 5.74) is 0. The fourth-order valence-corrected chi connectivity index (χ4v) is 1.09. The number of hydrogen-bond acceptors (Lipinski definition) is 2. The standard InChI is InChI=1S/C6H12N2/c1-2-8(3-1)5-6-4-7-6/h6-7H,1-5H2. The van der Waals surface area contributed by atoms with Crippen LogP contribution in [0.3, 0.4) is 0 Å². The molecular weight excluding hydrogens is 100 g/mol. The zero-order valence-electron chi connectivity index (χ0n) is 5.06. The minimum atomic E-state index is 0.857. The lowest BCUT2D eigenvalue weighted by Gasteiger charge is -2.30. The molecule has 1 unspecified atom stereocenters. The van der Waals surface area contributed by atoms with E-state index in [1.54, 1.807) is 0 Å². The molecule has 0 aromatic heterocycles. The van der Waals surface area contributed by atoms with Crippen LogP contribution < -0.4 is 5.32 Å². The zero-order chi connectivity index (χ0) is 5.40. The minimum Gasteiger partial charge on any atom is -0.310 e. The van der Waals surface area contributed by atoms with Crippen LogP contribution in [0, 0.1) is 0 Å². The summed E-state index contributed by atoms with van der Waals surface area (Å²) < 4.78 is 0. The van der Waals surface area contributed by atoms with E-state index in [0.717, 1.165) is 6.04 Å². The highest BCUT2D eigenvalue weighted by molar-refractivity contribution is 4.88. The van der Waals surface area contributed by atoms with Crippen molar-refractivity contribution in [3.8, 4) is 0 Å². The molecule has 0 aromatic carbocycles.